The Morgan fingerprint density at radius 3 is 3.12 bits per heavy atom. The largest absolute Gasteiger partial charge is 0.368 e. The molecular formula is C9H7N7. The molecule has 0 fully saturated rings. The van der Waals surface area contributed by atoms with E-state index in [1.807, 2.05) is 0 Å². The number of hydrogen-bond donors (Lipinski definition) is 2. The zero-order valence-corrected chi connectivity index (χ0v) is 8.39. The van der Waals surface area contributed by atoms with E-state index < -0.39 is 0 Å². The molecule has 0 atom stereocenters. The van der Waals surface area contributed by atoms with Gasteiger partial charge >= 0.3 is 0 Å². The molecule has 0 radical (unpaired) electrons. The molecule has 0 saturated heterocycles. The van der Waals surface area contributed by atoms with E-state index in [0.717, 1.165) is 0 Å². The summed E-state index contributed by atoms with van der Waals surface area (Å²) in [6.45, 7) is 1.72. The van der Waals surface area contributed by atoms with Crippen LogP contribution < -0.4 is 5.73 Å². The molecule has 3 heterocycles. The average molecular weight is 213 g/mol. The van der Waals surface area contributed by atoms with Gasteiger partial charge in [-0.15, -0.1) is 5.10 Å². The molecule has 0 amide bonds. The van der Waals surface area contributed by atoms with Gasteiger partial charge in [0.1, 0.15) is 5.52 Å². The average Bonchev–Trinajstić information content (AvgIpc) is 2.83. The van der Waals surface area contributed by atoms with Crippen molar-refractivity contribution in [3.05, 3.63) is 12.2 Å². The summed E-state index contributed by atoms with van der Waals surface area (Å²) in [5.74, 6) is 6.16. The van der Waals surface area contributed by atoms with Gasteiger partial charge in [-0.05, 0) is 12.8 Å². The molecule has 3 aromatic heterocycles. The zero-order chi connectivity index (χ0) is 11.1. The van der Waals surface area contributed by atoms with Gasteiger partial charge in [0, 0.05) is 0 Å². The van der Waals surface area contributed by atoms with E-state index in [4.69, 9.17) is 5.73 Å². The number of anilines is 1. The Hall–Kier alpha value is -2.62. The summed E-state index contributed by atoms with van der Waals surface area (Å²) in [6, 6.07) is 0. The monoisotopic (exact) mass is 213 g/mol. The molecule has 0 aliphatic heterocycles. The van der Waals surface area contributed by atoms with Crippen molar-refractivity contribution in [3.8, 4) is 11.8 Å². The van der Waals surface area contributed by atoms with Crippen LogP contribution >= 0.6 is 0 Å². The number of H-pyrrole nitrogens is 1. The molecule has 3 rings (SSSR count). The van der Waals surface area contributed by atoms with Crippen molar-refractivity contribution >= 4 is 22.8 Å². The first kappa shape index (κ1) is 8.67. The normalized spacial score (nSPS) is 10.6. The van der Waals surface area contributed by atoms with E-state index in [-0.39, 0.29) is 5.95 Å². The van der Waals surface area contributed by atoms with Gasteiger partial charge < -0.3 is 10.7 Å². The molecule has 78 valence electrons. The lowest BCUT2D eigenvalue weighted by Crippen LogP contribution is -2.02. The number of nitrogens with two attached hydrogens (primary N) is 1. The number of aromatic nitrogens is 6. The predicted octanol–water partition coefficient (Wildman–Crippen LogP) is -0.0458. The fraction of sp³-hybridized carbons (Fsp3) is 0.111. The Bertz CT molecular complexity index is 739. The van der Waals surface area contributed by atoms with Crippen molar-refractivity contribution < 1.29 is 0 Å². The minimum absolute atomic E-state index is 0.242. The molecule has 0 aliphatic rings. The number of nitrogen functional groups attached to an aromatic ring is 1. The van der Waals surface area contributed by atoms with Gasteiger partial charge in [0.05, 0.1) is 6.33 Å². The molecule has 3 aromatic rings. The summed E-state index contributed by atoms with van der Waals surface area (Å²) in [4.78, 5) is 15.3. The summed E-state index contributed by atoms with van der Waals surface area (Å²) in [6.07, 6.45) is 1.54. The molecule has 3 N–H and O–H groups in total. The molecule has 7 heteroatoms. The van der Waals surface area contributed by atoms with Crippen molar-refractivity contribution in [1.82, 2.24) is 29.5 Å². The van der Waals surface area contributed by atoms with Crippen LogP contribution in [-0.4, -0.2) is 29.5 Å². The smallest absolute Gasteiger partial charge is 0.226 e. The summed E-state index contributed by atoms with van der Waals surface area (Å²) < 4.78 is 1.44. The highest BCUT2D eigenvalue weighted by Gasteiger charge is 2.11. The zero-order valence-electron chi connectivity index (χ0n) is 8.39. The van der Waals surface area contributed by atoms with E-state index in [9.17, 15) is 0 Å². The van der Waals surface area contributed by atoms with Crippen LogP contribution in [0.4, 0.5) is 5.95 Å². The first-order chi connectivity index (χ1) is 7.79. The third kappa shape index (κ3) is 1.04. The topological polar surface area (TPSA) is 97.8 Å². The third-order valence-electron chi connectivity index (χ3n) is 2.12. The van der Waals surface area contributed by atoms with Gasteiger partial charge in [-0.2, -0.15) is 14.5 Å². The highest BCUT2D eigenvalue weighted by atomic mass is 15.4. The molecule has 0 bridgehead atoms. The van der Waals surface area contributed by atoms with E-state index >= 15 is 0 Å². The van der Waals surface area contributed by atoms with Crippen LogP contribution in [0.15, 0.2) is 6.33 Å². The number of fused-ring (bicyclic) bond motifs is 3. The molecule has 0 spiro atoms. The minimum Gasteiger partial charge on any atom is -0.368 e. The predicted molar refractivity (Wildman–Crippen MR) is 57.4 cm³/mol. The number of aromatic amines is 1. The van der Waals surface area contributed by atoms with Crippen LogP contribution in [-0.2, 0) is 0 Å². The minimum atomic E-state index is 0.242. The van der Waals surface area contributed by atoms with Crippen LogP contribution in [0.25, 0.3) is 16.8 Å². The van der Waals surface area contributed by atoms with Crippen molar-refractivity contribution in [2.75, 3.05) is 5.73 Å². The quantitative estimate of drug-likeness (QED) is 0.510. The van der Waals surface area contributed by atoms with Crippen molar-refractivity contribution in [3.63, 3.8) is 0 Å². The molecule has 0 saturated carbocycles. The molecule has 0 unspecified atom stereocenters. The van der Waals surface area contributed by atoms with Crippen LogP contribution in [0.5, 0.6) is 0 Å². The molecular weight excluding hydrogens is 206 g/mol. The first-order valence-electron chi connectivity index (χ1n) is 4.57. The fourth-order valence-corrected chi connectivity index (χ4v) is 1.49. The highest BCUT2D eigenvalue weighted by molar-refractivity contribution is 5.86. The second-order valence-corrected chi connectivity index (χ2v) is 3.12. The van der Waals surface area contributed by atoms with E-state index in [0.29, 0.717) is 22.6 Å². The van der Waals surface area contributed by atoms with Crippen LogP contribution in [0.2, 0.25) is 0 Å². The van der Waals surface area contributed by atoms with Crippen molar-refractivity contribution in [2.45, 2.75) is 6.92 Å². The lowest BCUT2D eigenvalue weighted by Gasteiger charge is -1.95. The van der Waals surface area contributed by atoms with Gasteiger partial charge in [0.25, 0.3) is 0 Å². The van der Waals surface area contributed by atoms with Gasteiger partial charge in [-0.3, -0.25) is 0 Å². The maximum Gasteiger partial charge on any atom is 0.226 e. The fourth-order valence-electron chi connectivity index (χ4n) is 1.49. The third-order valence-corrected chi connectivity index (χ3v) is 2.12. The highest BCUT2D eigenvalue weighted by Crippen LogP contribution is 2.15. The molecule has 0 aliphatic carbocycles. The Morgan fingerprint density at radius 2 is 2.31 bits per heavy atom. The van der Waals surface area contributed by atoms with E-state index in [2.05, 4.69) is 36.9 Å². The van der Waals surface area contributed by atoms with Crippen molar-refractivity contribution in [1.29, 1.82) is 0 Å². The van der Waals surface area contributed by atoms with Gasteiger partial charge in [-0.1, -0.05) is 5.92 Å². The second-order valence-electron chi connectivity index (χ2n) is 3.12. The summed E-state index contributed by atoms with van der Waals surface area (Å²) in [5, 5.41) is 4.13. The number of nitrogens with one attached hydrogen (secondary N) is 1. The maximum atomic E-state index is 5.74. The Labute approximate surface area is 89.7 Å². The van der Waals surface area contributed by atoms with Crippen LogP contribution in [0.1, 0.15) is 12.7 Å². The van der Waals surface area contributed by atoms with E-state index in [1.165, 1.54) is 10.8 Å². The van der Waals surface area contributed by atoms with Gasteiger partial charge in [0.15, 0.2) is 11.3 Å². The first-order valence-corrected chi connectivity index (χ1v) is 4.57. The molecule has 0 aromatic carbocycles. The Morgan fingerprint density at radius 1 is 1.44 bits per heavy atom. The molecule has 16 heavy (non-hydrogen) atoms. The van der Waals surface area contributed by atoms with Crippen LogP contribution in [0, 0.1) is 11.8 Å². The maximum absolute atomic E-state index is 5.74. The standard InChI is InChI=1S/C9H7N7/c1-2-3-5-13-8-6-7(12-4-11-6)14-9(10)16(8)15-5/h4H,1H3,(H2,10,14)(H,11,12). The van der Waals surface area contributed by atoms with Gasteiger partial charge in [0.2, 0.25) is 11.8 Å². The lowest BCUT2D eigenvalue weighted by molar-refractivity contribution is 0.940. The Balaban J connectivity index is 2.50. The molecule has 7 nitrogen and oxygen atoms in total. The number of nitrogens with zero attached hydrogens (tertiary/aromatic N) is 5. The SMILES string of the molecule is CC#Cc1nc2c3[nH]cnc3nc(N)n2n1. The second kappa shape index (κ2) is 2.93. The van der Waals surface area contributed by atoms with E-state index in [1.54, 1.807) is 6.92 Å². The van der Waals surface area contributed by atoms with Crippen LogP contribution in [0.3, 0.4) is 0 Å². The lowest BCUT2D eigenvalue weighted by atomic mass is 10.5. The number of rotatable bonds is 0. The number of hydrogen-bond acceptors (Lipinski definition) is 5. The Kier molecular flexibility index (Phi) is 1.59. The van der Waals surface area contributed by atoms with Gasteiger partial charge in [-0.25, -0.2) is 4.98 Å². The summed E-state index contributed by atoms with van der Waals surface area (Å²) in [7, 11) is 0. The van der Waals surface area contributed by atoms with Crippen molar-refractivity contribution in [2.24, 2.45) is 0 Å². The summed E-state index contributed by atoms with van der Waals surface area (Å²) in [5.41, 5.74) is 7.54. The number of imidazole rings is 1. The summed E-state index contributed by atoms with van der Waals surface area (Å²) >= 11 is 0.